The van der Waals surface area contributed by atoms with E-state index in [1.165, 1.54) is 15.0 Å². The third-order valence-corrected chi connectivity index (χ3v) is 7.20. The number of aromatic nitrogens is 1. The zero-order chi connectivity index (χ0) is 22.7. The second-order valence-electron chi connectivity index (χ2n) is 7.97. The minimum Gasteiger partial charge on any atom is -0.455 e. The predicted molar refractivity (Wildman–Crippen MR) is 131 cm³/mol. The molecule has 1 aliphatic carbocycles. The van der Waals surface area contributed by atoms with Crippen LogP contribution in [-0.2, 0) is 7.05 Å². The highest BCUT2D eigenvalue weighted by atomic mass is 32.1. The van der Waals surface area contributed by atoms with Crippen LogP contribution in [0, 0.1) is 11.3 Å². The maximum Gasteiger partial charge on any atom is 0.194 e. The first-order valence-electron chi connectivity index (χ1n) is 10.4. The van der Waals surface area contributed by atoms with Crippen molar-refractivity contribution in [3.8, 4) is 16.6 Å². The third-order valence-electron chi connectivity index (χ3n) is 6.06. The van der Waals surface area contributed by atoms with Gasteiger partial charge in [-0.1, -0.05) is 42.5 Å². The van der Waals surface area contributed by atoms with Gasteiger partial charge in [-0.25, -0.2) is 0 Å². The average molecular weight is 448 g/mol. The first-order chi connectivity index (χ1) is 16.0. The van der Waals surface area contributed by atoms with E-state index in [2.05, 4.69) is 22.8 Å². The smallest absolute Gasteiger partial charge is 0.194 e. The highest BCUT2D eigenvalue weighted by Crippen LogP contribution is 2.40. The normalized spacial score (nSPS) is 16.0. The molecule has 0 saturated heterocycles. The van der Waals surface area contributed by atoms with Crippen molar-refractivity contribution in [1.29, 1.82) is 5.26 Å². The number of ketones is 1. The maximum absolute atomic E-state index is 13.1. The second-order valence-corrected chi connectivity index (χ2v) is 9.05. The van der Waals surface area contributed by atoms with E-state index in [1.54, 1.807) is 29.5 Å². The standard InChI is InChI=1S/C27H17N3O2S/c1-30-21-12-16(11-19-26(20(29)14-28)17-7-3-4-8-18(17)27(19)31)32-23(21)13-22(30)25-10-15-6-2-5-9-24(15)33-25/h2-13H,29H2,1H3/b19-11-,26-20+. The molecule has 3 heterocycles. The Labute approximate surface area is 193 Å². The van der Waals surface area contributed by atoms with Gasteiger partial charge in [-0.15, -0.1) is 11.3 Å². The van der Waals surface area contributed by atoms with Gasteiger partial charge in [-0.05, 0) is 29.2 Å². The lowest BCUT2D eigenvalue weighted by Gasteiger charge is -2.02. The van der Waals surface area contributed by atoms with Crippen molar-refractivity contribution < 1.29 is 9.21 Å². The molecule has 6 rings (SSSR count). The molecule has 33 heavy (non-hydrogen) atoms. The Balaban J connectivity index is 1.45. The van der Waals surface area contributed by atoms with E-state index in [1.807, 2.05) is 49.5 Å². The fourth-order valence-electron chi connectivity index (χ4n) is 4.48. The minimum atomic E-state index is -0.162. The number of fused-ring (bicyclic) bond motifs is 3. The van der Waals surface area contributed by atoms with Crippen LogP contribution in [0.25, 0.3) is 43.4 Å². The van der Waals surface area contributed by atoms with E-state index >= 15 is 0 Å². The molecule has 2 aromatic carbocycles. The van der Waals surface area contributed by atoms with Crippen LogP contribution in [0.4, 0.5) is 0 Å². The SMILES string of the molecule is Cn1c(-c2cc3ccccc3s2)cc2oc(/C=C3\C(=O)c4ccccc4\C3=C(/N)C#N)cc21. The summed E-state index contributed by atoms with van der Waals surface area (Å²) in [7, 11) is 2.00. The summed E-state index contributed by atoms with van der Waals surface area (Å²) in [4.78, 5) is 14.2. The van der Waals surface area contributed by atoms with E-state index < -0.39 is 0 Å². The summed E-state index contributed by atoms with van der Waals surface area (Å²) in [5.41, 5.74) is 10.8. The first kappa shape index (κ1) is 19.4. The number of carbonyl (C=O) groups excluding carboxylic acids is 1. The number of hydrogen-bond acceptors (Lipinski definition) is 5. The molecule has 3 aromatic heterocycles. The Morgan fingerprint density at radius 2 is 1.85 bits per heavy atom. The van der Waals surface area contributed by atoms with Gasteiger partial charge >= 0.3 is 0 Å². The van der Waals surface area contributed by atoms with Gasteiger partial charge in [0.15, 0.2) is 11.4 Å². The highest BCUT2D eigenvalue weighted by Gasteiger charge is 2.32. The van der Waals surface area contributed by atoms with Crippen LogP contribution < -0.4 is 5.73 Å². The lowest BCUT2D eigenvalue weighted by molar-refractivity contribution is 0.104. The van der Waals surface area contributed by atoms with Gasteiger partial charge in [0.25, 0.3) is 0 Å². The Hall–Kier alpha value is -4.34. The molecule has 0 spiro atoms. The summed E-state index contributed by atoms with van der Waals surface area (Å²) < 4.78 is 9.44. The molecule has 5 nitrogen and oxygen atoms in total. The zero-order valence-corrected chi connectivity index (χ0v) is 18.4. The number of nitriles is 1. The lowest BCUT2D eigenvalue weighted by Crippen LogP contribution is -2.01. The van der Waals surface area contributed by atoms with Crippen LogP contribution in [-0.4, -0.2) is 10.4 Å². The quantitative estimate of drug-likeness (QED) is 0.261. The van der Waals surface area contributed by atoms with Gasteiger partial charge < -0.3 is 14.7 Å². The molecule has 0 aliphatic heterocycles. The Morgan fingerprint density at radius 3 is 2.61 bits per heavy atom. The van der Waals surface area contributed by atoms with Gasteiger partial charge in [-0.3, -0.25) is 4.79 Å². The largest absolute Gasteiger partial charge is 0.455 e. The molecule has 2 N–H and O–H groups in total. The van der Waals surface area contributed by atoms with Crippen LogP contribution in [0.5, 0.6) is 0 Å². The van der Waals surface area contributed by atoms with Crippen LogP contribution in [0.1, 0.15) is 21.7 Å². The van der Waals surface area contributed by atoms with Gasteiger partial charge in [0.1, 0.15) is 17.5 Å². The van der Waals surface area contributed by atoms with E-state index in [0.717, 1.165) is 16.8 Å². The molecular weight excluding hydrogens is 430 g/mol. The molecule has 0 fully saturated rings. The predicted octanol–water partition coefficient (Wildman–Crippen LogP) is 6.13. The number of carbonyl (C=O) groups is 1. The van der Waals surface area contributed by atoms with E-state index in [4.69, 9.17) is 10.2 Å². The Morgan fingerprint density at radius 1 is 1.09 bits per heavy atom. The number of nitrogens with zero attached hydrogens (tertiary/aromatic N) is 2. The highest BCUT2D eigenvalue weighted by molar-refractivity contribution is 7.22. The first-order valence-corrected chi connectivity index (χ1v) is 11.2. The van der Waals surface area contributed by atoms with Crippen LogP contribution >= 0.6 is 11.3 Å². The second kappa shape index (κ2) is 7.09. The molecule has 0 radical (unpaired) electrons. The number of Topliss-reactive ketones (excluding diaryl/α,β-unsaturated/α-hetero) is 1. The summed E-state index contributed by atoms with van der Waals surface area (Å²) in [5, 5.41) is 10.6. The monoisotopic (exact) mass is 447 g/mol. The van der Waals surface area contributed by atoms with E-state index in [0.29, 0.717) is 28.0 Å². The topological polar surface area (TPSA) is 84.9 Å². The molecule has 0 amide bonds. The molecule has 0 atom stereocenters. The molecule has 5 aromatic rings. The fraction of sp³-hybridized carbons (Fsp3) is 0.0370. The van der Waals surface area contributed by atoms with Crippen molar-refractivity contribution in [2.45, 2.75) is 0 Å². The Kier molecular flexibility index (Phi) is 4.16. The van der Waals surface area contributed by atoms with Gasteiger partial charge in [0, 0.05) is 40.6 Å². The van der Waals surface area contributed by atoms with Crippen LogP contribution in [0.2, 0.25) is 0 Å². The summed E-state index contributed by atoms with van der Waals surface area (Å²) in [6.45, 7) is 0. The molecule has 158 valence electrons. The number of nitrogens with two attached hydrogens (primary N) is 1. The number of rotatable bonds is 2. The number of aryl methyl sites for hydroxylation is 1. The molecule has 0 saturated carbocycles. The molecule has 0 bridgehead atoms. The third kappa shape index (κ3) is 2.87. The van der Waals surface area contributed by atoms with Crippen molar-refractivity contribution in [3.63, 3.8) is 0 Å². The van der Waals surface area contributed by atoms with Crippen molar-refractivity contribution in [3.05, 3.63) is 94.9 Å². The van der Waals surface area contributed by atoms with Gasteiger partial charge in [0.05, 0.1) is 16.1 Å². The van der Waals surface area contributed by atoms with E-state index in [9.17, 15) is 10.1 Å². The lowest BCUT2D eigenvalue weighted by atomic mass is 10.0. The summed E-state index contributed by atoms with van der Waals surface area (Å²) in [6.07, 6.45) is 1.68. The molecular formula is C27H17N3O2S. The van der Waals surface area contributed by atoms with Crippen molar-refractivity contribution in [1.82, 2.24) is 4.57 Å². The number of hydrogen-bond donors (Lipinski definition) is 1. The fourth-order valence-corrected chi connectivity index (χ4v) is 5.59. The van der Waals surface area contributed by atoms with Gasteiger partial charge in [-0.2, -0.15) is 5.26 Å². The van der Waals surface area contributed by atoms with E-state index in [-0.39, 0.29) is 11.5 Å². The molecule has 1 aliphatic rings. The zero-order valence-electron chi connectivity index (χ0n) is 17.6. The van der Waals surface area contributed by atoms with Gasteiger partial charge in [0.2, 0.25) is 0 Å². The summed E-state index contributed by atoms with van der Waals surface area (Å²) in [5.74, 6) is 0.378. The summed E-state index contributed by atoms with van der Waals surface area (Å²) >= 11 is 1.74. The Bertz CT molecular complexity index is 1690. The molecule has 6 heteroatoms. The van der Waals surface area contributed by atoms with Crippen molar-refractivity contribution in [2.75, 3.05) is 0 Å². The summed E-state index contributed by atoms with van der Waals surface area (Å²) in [6, 6.07) is 23.6. The molecule has 0 unspecified atom stereocenters. The maximum atomic E-state index is 13.1. The number of allylic oxidation sites excluding steroid dienone is 3. The number of thiophene rings is 1. The van der Waals surface area contributed by atoms with Crippen LogP contribution in [0.15, 0.2) is 82.4 Å². The number of furan rings is 1. The van der Waals surface area contributed by atoms with Crippen LogP contribution in [0.3, 0.4) is 0 Å². The number of benzene rings is 2. The minimum absolute atomic E-state index is 0.0164. The van der Waals surface area contributed by atoms with Crippen molar-refractivity contribution >= 4 is 50.0 Å². The van der Waals surface area contributed by atoms with Crippen molar-refractivity contribution in [2.24, 2.45) is 12.8 Å². The average Bonchev–Trinajstić information content (AvgIpc) is 3.56.